The molecule has 0 aromatic heterocycles. The number of hydrogen-bond acceptors (Lipinski definition) is 4. The van der Waals surface area contributed by atoms with Crippen LogP contribution in [0.15, 0.2) is 0 Å². The monoisotopic (exact) mass is 329 g/mol. The maximum absolute atomic E-state index is 11.8. The molecule has 0 aromatic carbocycles. The Labute approximate surface area is 143 Å². The quantitative estimate of drug-likeness (QED) is 0.343. The molecule has 0 bridgehead atoms. The van der Waals surface area contributed by atoms with Crippen LogP contribution in [0.25, 0.3) is 0 Å². The van der Waals surface area contributed by atoms with Gasteiger partial charge in [-0.15, -0.1) is 0 Å². The molecule has 4 nitrogen and oxygen atoms in total. The van der Waals surface area contributed by atoms with E-state index in [2.05, 4.69) is 25.7 Å². The molecule has 0 spiro atoms. The number of aliphatic hydroxyl groups is 1. The van der Waals surface area contributed by atoms with Gasteiger partial charge in [-0.1, -0.05) is 46.5 Å². The molecule has 0 amide bonds. The summed E-state index contributed by atoms with van der Waals surface area (Å²) in [7, 11) is 0. The summed E-state index contributed by atoms with van der Waals surface area (Å²) < 4.78 is 5.31. The number of unbranched alkanes of at least 4 members (excludes halogenated alkanes) is 4. The lowest BCUT2D eigenvalue weighted by molar-refractivity contribution is -0.144. The summed E-state index contributed by atoms with van der Waals surface area (Å²) in [6.45, 7) is 10.5. The van der Waals surface area contributed by atoms with Gasteiger partial charge in [-0.05, 0) is 51.2 Å². The fourth-order valence-corrected chi connectivity index (χ4v) is 2.81. The fraction of sp³-hybridized carbons (Fsp3) is 0.947. The van der Waals surface area contributed by atoms with Gasteiger partial charge in [0, 0.05) is 13.0 Å². The van der Waals surface area contributed by atoms with Crippen molar-refractivity contribution >= 4 is 5.97 Å². The van der Waals surface area contributed by atoms with E-state index in [1.807, 2.05) is 0 Å². The third kappa shape index (κ3) is 13.5. The Morgan fingerprint density at radius 3 is 2.30 bits per heavy atom. The Morgan fingerprint density at radius 2 is 1.70 bits per heavy atom. The average Bonchev–Trinajstić information content (AvgIpc) is 2.56. The summed E-state index contributed by atoms with van der Waals surface area (Å²) in [5.41, 5.74) is 0. The van der Waals surface area contributed by atoms with Crippen LogP contribution in [0.1, 0.15) is 78.6 Å². The van der Waals surface area contributed by atoms with E-state index < -0.39 is 0 Å². The highest BCUT2D eigenvalue weighted by Gasteiger charge is 2.13. The molecule has 4 heteroatoms. The van der Waals surface area contributed by atoms with Gasteiger partial charge in [0.05, 0.1) is 6.61 Å². The molecule has 1 atom stereocenters. The molecule has 0 fully saturated rings. The van der Waals surface area contributed by atoms with Crippen molar-refractivity contribution in [2.24, 2.45) is 5.92 Å². The van der Waals surface area contributed by atoms with Crippen molar-refractivity contribution in [3.8, 4) is 0 Å². The first kappa shape index (κ1) is 22.4. The lowest BCUT2D eigenvalue weighted by Crippen LogP contribution is -2.26. The van der Waals surface area contributed by atoms with Crippen molar-refractivity contribution in [3.63, 3.8) is 0 Å². The Bertz CT molecular complexity index is 267. The second-order valence-corrected chi connectivity index (χ2v) is 6.37. The predicted molar refractivity (Wildman–Crippen MR) is 96.5 cm³/mol. The molecule has 0 saturated heterocycles. The van der Waals surface area contributed by atoms with Crippen molar-refractivity contribution < 1.29 is 14.6 Å². The van der Waals surface area contributed by atoms with Crippen LogP contribution in [-0.4, -0.2) is 48.8 Å². The number of rotatable bonds is 16. The predicted octanol–water partition coefficient (Wildman–Crippen LogP) is 4.01. The van der Waals surface area contributed by atoms with E-state index in [1.165, 1.54) is 19.3 Å². The SMILES string of the molecule is CCCCCCCOC(=O)CCC(CCO)CCN(CC)CC. The molecule has 23 heavy (non-hydrogen) atoms. The van der Waals surface area contributed by atoms with E-state index in [0.717, 1.165) is 51.7 Å². The zero-order valence-corrected chi connectivity index (χ0v) is 15.7. The lowest BCUT2D eigenvalue weighted by Gasteiger charge is -2.22. The van der Waals surface area contributed by atoms with E-state index in [0.29, 0.717) is 18.9 Å². The average molecular weight is 330 g/mol. The first-order valence-electron chi connectivity index (χ1n) is 9.66. The smallest absolute Gasteiger partial charge is 0.305 e. The molecule has 138 valence electrons. The minimum atomic E-state index is -0.0775. The van der Waals surface area contributed by atoms with E-state index in [-0.39, 0.29) is 12.6 Å². The van der Waals surface area contributed by atoms with Crippen molar-refractivity contribution in [3.05, 3.63) is 0 Å². The summed E-state index contributed by atoms with van der Waals surface area (Å²) in [5.74, 6) is 0.337. The summed E-state index contributed by atoms with van der Waals surface area (Å²) in [4.78, 5) is 14.2. The van der Waals surface area contributed by atoms with Crippen LogP contribution in [-0.2, 0) is 9.53 Å². The summed E-state index contributed by atoms with van der Waals surface area (Å²) >= 11 is 0. The zero-order valence-electron chi connectivity index (χ0n) is 15.7. The third-order valence-corrected chi connectivity index (χ3v) is 4.55. The van der Waals surface area contributed by atoms with Gasteiger partial charge in [0.25, 0.3) is 0 Å². The minimum Gasteiger partial charge on any atom is -0.466 e. The molecule has 0 radical (unpaired) electrons. The highest BCUT2D eigenvalue weighted by atomic mass is 16.5. The number of esters is 1. The molecular weight excluding hydrogens is 290 g/mol. The summed E-state index contributed by atoms with van der Waals surface area (Å²) in [6, 6.07) is 0. The molecule has 0 aromatic rings. The zero-order chi connectivity index (χ0) is 17.3. The number of ether oxygens (including phenoxy) is 1. The molecule has 1 unspecified atom stereocenters. The van der Waals surface area contributed by atoms with Crippen LogP contribution < -0.4 is 0 Å². The highest BCUT2D eigenvalue weighted by molar-refractivity contribution is 5.69. The number of hydrogen-bond donors (Lipinski definition) is 1. The second-order valence-electron chi connectivity index (χ2n) is 6.37. The molecule has 0 aliphatic rings. The topological polar surface area (TPSA) is 49.8 Å². The summed E-state index contributed by atoms with van der Waals surface area (Å²) in [5, 5.41) is 9.20. The van der Waals surface area contributed by atoms with Crippen molar-refractivity contribution in [1.29, 1.82) is 0 Å². The van der Waals surface area contributed by atoms with E-state index >= 15 is 0 Å². The van der Waals surface area contributed by atoms with E-state index in [4.69, 9.17) is 4.74 Å². The van der Waals surface area contributed by atoms with Gasteiger partial charge in [0.15, 0.2) is 0 Å². The number of aliphatic hydroxyl groups excluding tert-OH is 1. The molecule has 1 N–H and O–H groups in total. The van der Waals surface area contributed by atoms with Gasteiger partial charge in [-0.25, -0.2) is 0 Å². The maximum atomic E-state index is 11.8. The van der Waals surface area contributed by atoms with Crippen molar-refractivity contribution in [1.82, 2.24) is 4.90 Å². The first-order valence-corrected chi connectivity index (χ1v) is 9.66. The lowest BCUT2D eigenvalue weighted by atomic mass is 9.96. The number of carbonyl (C=O) groups excluding carboxylic acids is 1. The fourth-order valence-electron chi connectivity index (χ4n) is 2.81. The van der Waals surface area contributed by atoms with Gasteiger partial charge in [-0.2, -0.15) is 0 Å². The molecule has 0 heterocycles. The maximum Gasteiger partial charge on any atom is 0.305 e. The Morgan fingerprint density at radius 1 is 1.00 bits per heavy atom. The highest BCUT2D eigenvalue weighted by Crippen LogP contribution is 2.17. The van der Waals surface area contributed by atoms with Crippen LogP contribution in [0, 0.1) is 5.92 Å². The van der Waals surface area contributed by atoms with Gasteiger partial charge in [-0.3, -0.25) is 4.79 Å². The largest absolute Gasteiger partial charge is 0.466 e. The van der Waals surface area contributed by atoms with Gasteiger partial charge in [0.1, 0.15) is 0 Å². The van der Waals surface area contributed by atoms with E-state index in [9.17, 15) is 9.90 Å². The standard InChI is InChI=1S/C19H39NO3/c1-4-7-8-9-10-17-23-19(22)12-11-18(14-16-21)13-15-20(5-2)6-3/h18,21H,4-17H2,1-3H3. The van der Waals surface area contributed by atoms with Gasteiger partial charge in [0.2, 0.25) is 0 Å². The van der Waals surface area contributed by atoms with Crippen LogP contribution in [0.3, 0.4) is 0 Å². The molecular formula is C19H39NO3. The number of carbonyl (C=O) groups is 1. The molecule has 0 rings (SSSR count). The Kier molecular flexibility index (Phi) is 15.8. The van der Waals surface area contributed by atoms with Crippen molar-refractivity contribution in [2.45, 2.75) is 78.6 Å². The molecule has 0 saturated carbocycles. The van der Waals surface area contributed by atoms with Gasteiger partial charge < -0.3 is 14.7 Å². The Hall–Kier alpha value is -0.610. The van der Waals surface area contributed by atoms with Crippen LogP contribution in [0.4, 0.5) is 0 Å². The number of nitrogens with zero attached hydrogens (tertiary/aromatic N) is 1. The van der Waals surface area contributed by atoms with Crippen LogP contribution in [0.2, 0.25) is 0 Å². The van der Waals surface area contributed by atoms with Gasteiger partial charge >= 0.3 is 5.97 Å². The summed E-state index contributed by atoms with van der Waals surface area (Å²) in [6.07, 6.45) is 9.01. The Balaban J connectivity index is 3.81. The minimum absolute atomic E-state index is 0.0775. The normalized spacial score (nSPS) is 12.6. The van der Waals surface area contributed by atoms with Crippen LogP contribution >= 0.6 is 0 Å². The van der Waals surface area contributed by atoms with Crippen molar-refractivity contribution in [2.75, 3.05) is 32.8 Å². The van der Waals surface area contributed by atoms with Crippen LogP contribution in [0.5, 0.6) is 0 Å². The molecule has 0 aliphatic heterocycles. The third-order valence-electron chi connectivity index (χ3n) is 4.55. The first-order chi connectivity index (χ1) is 11.2. The molecule has 0 aliphatic carbocycles. The second kappa shape index (κ2) is 16.3. The van der Waals surface area contributed by atoms with E-state index in [1.54, 1.807) is 0 Å².